The summed E-state index contributed by atoms with van der Waals surface area (Å²) in [6.45, 7) is 8.86. The van der Waals surface area contributed by atoms with Gasteiger partial charge in [-0.1, -0.05) is 20.8 Å². The van der Waals surface area contributed by atoms with Gasteiger partial charge in [0.1, 0.15) is 0 Å². The molecule has 124 valence electrons. The highest BCUT2D eigenvalue weighted by molar-refractivity contribution is 6.09. The van der Waals surface area contributed by atoms with E-state index in [4.69, 9.17) is 0 Å². The fourth-order valence-corrected chi connectivity index (χ4v) is 27.4. The molecule has 16 atom stereocenters. The Morgan fingerprint density at radius 3 is 1.58 bits per heavy atom. The molecule has 16 unspecified atom stereocenters. The zero-order valence-corrected chi connectivity index (χ0v) is 15.5. The third-order valence-electron chi connectivity index (χ3n) is 22.2. The number of hydrogen-bond acceptors (Lipinski definition) is 0. The van der Waals surface area contributed by atoms with Gasteiger partial charge >= 0.3 is 0 Å². The van der Waals surface area contributed by atoms with Crippen molar-refractivity contribution in [1.29, 1.82) is 0 Å². The van der Waals surface area contributed by atoms with Gasteiger partial charge in [0, 0.05) is 0 Å². The number of hydrogen-bond donors (Lipinski definition) is 0. The molecule has 0 aromatic carbocycles. The van der Waals surface area contributed by atoms with Crippen LogP contribution in [0.4, 0.5) is 0 Å². The van der Waals surface area contributed by atoms with E-state index in [2.05, 4.69) is 20.8 Å². The average Bonchev–Trinajstić information content (AvgIpc) is 3.20. The van der Waals surface area contributed by atoms with Crippen molar-refractivity contribution in [1.82, 2.24) is 0 Å². The maximum Gasteiger partial charge on any atom is -0.00104 e. The summed E-state index contributed by atoms with van der Waals surface area (Å²) in [6, 6.07) is 0. The second-order valence-electron chi connectivity index (χ2n) is 16.5. The molecule has 18 aliphatic rings. The van der Waals surface area contributed by atoms with Gasteiger partial charge in [-0.05, 0) is 130 Å². The van der Waals surface area contributed by atoms with Crippen LogP contribution in [0, 0.1) is 117 Å². The first-order chi connectivity index (χ1) is 12.6. The lowest BCUT2D eigenvalue weighted by Gasteiger charge is -3.40. The normalized spacial score (nSPS) is 135. The Bertz CT molecular complexity index is 1340. The molecule has 0 amide bonds. The lowest BCUT2D eigenvalue weighted by atomic mass is 8.63. The Morgan fingerprint density at radius 2 is 1.04 bits per heavy atom. The van der Waals surface area contributed by atoms with Gasteiger partial charge in [-0.3, -0.25) is 0 Å². The van der Waals surface area contributed by atoms with Gasteiger partial charge in [0.15, 0.2) is 0 Å². The van der Waals surface area contributed by atoms with E-state index in [0.717, 1.165) is 75.8 Å². The predicted molar refractivity (Wildman–Crippen MR) is 84.7 cm³/mol. The average molecular weight is 332 g/mol. The lowest BCUT2D eigenvalue weighted by molar-refractivity contribution is -0.950. The molecule has 11 spiro atoms. The van der Waals surface area contributed by atoms with Crippen molar-refractivity contribution in [3.8, 4) is 0 Å². The highest BCUT2D eigenvalue weighted by Gasteiger charge is 3.65. The quantitative estimate of drug-likeness (QED) is 0.639. The third kappa shape index (κ3) is 0.172. The molecule has 0 aromatic rings. The van der Waals surface area contributed by atoms with E-state index in [0.29, 0.717) is 0 Å². The monoisotopic (exact) mass is 332 g/mol. The number of fused-ring (bicyclic) bond motifs is 4. The molecule has 0 radical (unpaired) electrons. The van der Waals surface area contributed by atoms with Crippen LogP contribution >= 0.6 is 0 Å². The van der Waals surface area contributed by atoms with Gasteiger partial charge in [0.05, 0.1) is 0 Å². The zero-order valence-electron chi connectivity index (χ0n) is 15.5. The zero-order chi connectivity index (χ0) is 15.5. The van der Waals surface area contributed by atoms with Crippen LogP contribution in [0.2, 0.25) is 0 Å². The Kier molecular flexibility index (Phi) is 0.446. The lowest BCUT2D eigenvalue weighted by Crippen LogP contribution is -3.38. The molecule has 26 heavy (non-hydrogen) atoms. The molecule has 0 aliphatic heterocycles. The SMILES string of the molecule is CC12C3(C)C4(C)C56C7C8CC9C%10C%11CC%12C%13C15C21C%132C%11%12C%105C98C78C46C31C528. The molecular weight excluding hydrogens is 312 g/mol. The minimum Gasteiger partial charge on any atom is -0.0579 e. The van der Waals surface area contributed by atoms with Crippen molar-refractivity contribution in [2.45, 2.75) is 33.6 Å². The van der Waals surface area contributed by atoms with Crippen molar-refractivity contribution < 1.29 is 0 Å². The molecule has 18 rings (SSSR count). The Morgan fingerprint density at radius 1 is 0.500 bits per heavy atom. The van der Waals surface area contributed by atoms with Crippen LogP contribution in [-0.2, 0) is 0 Å². The van der Waals surface area contributed by atoms with Crippen molar-refractivity contribution in [3.05, 3.63) is 0 Å². The third-order valence-corrected chi connectivity index (χ3v) is 22.2. The molecule has 0 saturated heterocycles. The first-order valence-corrected chi connectivity index (χ1v) is 12.6. The summed E-state index contributed by atoms with van der Waals surface area (Å²) in [5.74, 6) is 9.27. The van der Waals surface area contributed by atoms with Crippen molar-refractivity contribution >= 4 is 0 Å². The Hall–Kier alpha value is 0. The van der Waals surface area contributed by atoms with E-state index in [1.807, 2.05) is 0 Å². The van der Waals surface area contributed by atoms with Gasteiger partial charge in [-0.25, -0.2) is 0 Å². The molecule has 18 aliphatic carbocycles. The van der Waals surface area contributed by atoms with E-state index in [1.54, 1.807) is 12.8 Å². The summed E-state index contributed by atoms with van der Waals surface area (Å²) >= 11 is 0. The van der Waals surface area contributed by atoms with E-state index in [9.17, 15) is 0 Å². The van der Waals surface area contributed by atoms with Crippen LogP contribution in [0.25, 0.3) is 0 Å². The van der Waals surface area contributed by atoms with Gasteiger partial charge in [-0.15, -0.1) is 0 Å². The fourth-order valence-electron chi connectivity index (χ4n) is 27.4. The van der Waals surface area contributed by atoms with Crippen LogP contribution < -0.4 is 0 Å². The van der Waals surface area contributed by atoms with Crippen LogP contribution in [0.3, 0.4) is 0 Å². The molecule has 0 N–H and O–H groups in total. The fraction of sp³-hybridized carbons (Fsp3) is 1.00. The standard InChI is InChI=1S/C26H20/c1-13-14(2)19-11-8-4-6-10-7-5-9-12-20(19)15(13,3)24(20)22(12)17(7,9)18(10)16(6,8)21(11)23(14,19)25(13,24)26(18,21)22/h6-12H,4-5H2,1-3H3. The van der Waals surface area contributed by atoms with Crippen molar-refractivity contribution in [2.24, 2.45) is 117 Å². The van der Waals surface area contributed by atoms with E-state index in [1.165, 1.54) is 41.4 Å². The van der Waals surface area contributed by atoms with Gasteiger partial charge in [0.25, 0.3) is 0 Å². The van der Waals surface area contributed by atoms with E-state index >= 15 is 0 Å². The molecule has 18 fully saturated rings. The van der Waals surface area contributed by atoms with E-state index < -0.39 is 0 Å². The molecular formula is C26H20. The molecule has 0 heterocycles. The summed E-state index contributed by atoms with van der Waals surface area (Å²) in [5, 5.41) is 0. The highest BCUT2D eigenvalue weighted by Crippen LogP contribution is 3.66. The topological polar surface area (TPSA) is 0 Å². The van der Waals surface area contributed by atoms with Crippen LogP contribution in [0.1, 0.15) is 33.6 Å². The van der Waals surface area contributed by atoms with Crippen LogP contribution in [0.15, 0.2) is 0 Å². The van der Waals surface area contributed by atoms with Crippen LogP contribution in [-0.4, -0.2) is 0 Å². The summed E-state index contributed by atoms with van der Waals surface area (Å²) in [5.41, 5.74) is 14.2. The molecule has 0 aromatic heterocycles. The van der Waals surface area contributed by atoms with Gasteiger partial charge in [0.2, 0.25) is 0 Å². The number of rotatable bonds is 0. The summed E-state index contributed by atoms with van der Waals surface area (Å²) in [6.07, 6.45) is 3.53. The maximum absolute atomic E-state index is 2.96. The summed E-state index contributed by atoms with van der Waals surface area (Å²) < 4.78 is 0. The smallest absolute Gasteiger partial charge is 0.00104 e. The predicted octanol–water partition coefficient (Wildman–Crippen LogP) is 3.18. The maximum atomic E-state index is 2.96. The summed E-state index contributed by atoms with van der Waals surface area (Å²) in [4.78, 5) is 0. The van der Waals surface area contributed by atoms with Crippen LogP contribution in [0.5, 0.6) is 0 Å². The first-order valence-electron chi connectivity index (χ1n) is 12.6. The molecule has 0 nitrogen and oxygen atoms in total. The van der Waals surface area contributed by atoms with Gasteiger partial charge in [-0.2, -0.15) is 0 Å². The molecule has 0 bridgehead atoms. The van der Waals surface area contributed by atoms with Crippen molar-refractivity contribution in [2.75, 3.05) is 0 Å². The Labute approximate surface area is 151 Å². The second kappa shape index (κ2) is 1.26. The second-order valence-corrected chi connectivity index (χ2v) is 16.5. The highest BCUT2D eigenvalue weighted by atomic mass is 15.7. The molecule has 0 heteroatoms. The van der Waals surface area contributed by atoms with E-state index in [-0.39, 0.29) is 0 Å². The minimum absolute atomic E-state index is 0.857. The van der Waals surface area contributed by atoms with Gasteiger partial charge < -0.3 is 0 Å². The largest absolute Gasteiger partial charge is 0.0579 e. The summed E-state index contributed by atoms with van der Waals surface area (Å²) in [7, 11) is 0. The Balaban J connectivity index is 1.32. The minimum atomic E-state index is 0.857. The van der Waals surface area contributed by atoms with Crippen molar-refractivity contribution in [3.63, 3.8) is 0 Å². The first kappa shape index (κ1) is 9.21. The molecule has 18 saturated carbocycles.